The van der Waals surface area contributed by atoms with Gasteiger partial charge < -0.3 is 15.4 Å². The summed E-state index contributed by atoms with van der Waals surface area (Å²) in [6.45, 7) is 9.38. The topological polar surface area (TPSA) is 67.4 Å². The molecule has 1 aliphatic rings. The fourth-order valence-electron chi connectivity index (χ4n) is 3.55. The quantitative estimate of drug-likeness (QED) is 0.749. The van der Waals surface area contributed by atoms with Gasteiger partial charge >= 0.3 is 11.8 Å². The minimum Gasteiger partial charge on any atom is -0.494 e. The van der Waals surface area contributed by atoms with E-state index in [0.717, 1.165) is 31.4 Å². The molecule has 0 bridgehead atoms. The van der Waals surface area contributed by atoms with Crippen LogP contribution in [0.1, 0.15) is 59.8 Å². The summed E-state index contributed by atoms with van der Waals surface area (Å²) in [4.78, 5) is 24.3. The minimum absolute atomic E-state index is 0.0949. The normalized spacial score (nSPS) is 20.3. The molecule has 144 valence electrons. The first-order chi connectivity index (χ1) is 12.4. The van der Waals surface area contributed by atoms with Gasteiger partial charge in [-0.3, -0.25) is 9.59 Å². The second kappa shape index (κ2) is 9.06. The molecular weight excluding hydrogens is 328 g/mol. The molecule has 2 amide bonds. The van der Waals surface area contributed by atoms with E-state index in [4.69, 9.17) is 4.74 Å². The van der Waals surface area contributed by atoms with Crippen LogP contribution in [0.5, 0.6) is 5.75 Å². The van der Waals surface area contributed by atoms with Crippen molar-refractivity contribution in [3.63, 3.8) is 0 Å². The molecule has 2 rings (SSSR count). The van der Waals surface area contributed by atoms with Crippen molar-refractivity contribution in [2.75, 3.05) is 11.9 Å². The maximum absolute atomic E-state index is 12.2. The Labute approximate surface area is 156 Å². The van der Waals surface area contributed by atoms with Crippen molar-refractivity contribution in [2.24, 2.45) is 11.3 Å². The van der Waals surface area contributed by atoms with Crippen LogP contribution in [0.3, 0.4) is 0 Å². The molecule has 0 saturated heterocycles. The Balaban J connectivity index is 1.80. The Morgan fingerprint density at radius 3 is 2.19 bits per heavy atom. The molecule has 0 radical (unpaired) electrons. The number of amides is 2. The number of hydrogen-bond acceptors (Lipinski definition) is 3. The molecular formula is C21H32N2O3. The molecule has 1 fully saturated rings. The van der Waals surface area contributed by atoms with E-state index in [0.29, 0.717) is 23.6 Å². The van der Waals surface area contributed by atoms with E-state index in [-0.39, 0.29) is 6.04 Å². The van der Waals surface area contributed by atoms with Gasteiger partial charge in [-0.15, -0.1) is 0 Å². The zero-order valence-electron chi connectivity index (χ0n) is 16.4. The van der Waals surface area contributed by atoms with Crippen LogP contribution in [0.15, 0.2) is 24.3 Å². The molecule has 1 saturated carbocycles. The zero-order valence-corrected chi connectivity index (χ0v) is 16.4. The number of nitrogens with one attached hydrogen (secondary N) is 2. The first kappa shape index (κ1) is 20.3. The third-order valence-electron chi connectivity index (χ3n) is 5.71. The highest BCUT2D eigenvalue weighted by molar-refractivity contribution is 6.39. The zero-order chi connectivity index (χ0) is 19.2. The van der Waals surface area contributed by atoms with Crippen LogP contribution >= 0.6 is 0 Å². The number of benzene rings is 1. The molecule has 26 heavy (non-hydrogen) atoms. The van der Waals surface area contributed by atoms with E-state index in [2.05, 4.69) is 31.4 Å². The van der Waals surface area contributed by atoms with Crippen LogP contribution in [0, 0.1) is 11.3 Å². The molecule has 0 aromatic heterocycles. The van der Waals surface area contributed by atoms with Gasteiger partial charge in [0, 0.05) is 11.7 Å². The fraction of sp³-hybridized carbons (Fsp3) is 0.619. The lowest BCUT2D eigenvalue weighted by molar-refractivity contribution is -0.136. The Morgan fingerprint density at radius 2 is 1.65 bits per heavy atom. The van der Waals surface area contributed by atoms with Crippen LogP contribution < -0.4 is 15.4 Å². The second-order valence-electron chi connectivity index (χ2n) is 7.78. The molecule has 1 aromatic rings. The summed E-state index contributed by atoms with van der Waals surface area (Å²) >= 11 is 0. The SMILES string of the molecule is CCOc1ccc(NC(=O)C(=O)NC2CCC(C(C)(C)CC)CC2)cc1. The van der Waals surface area contributed by atoms with Crippen molar-refractivity contribution >= 4 is 17.5 Å². The minimum atomic E-state index is -0.620. The summed E-state index contributed by atoms with van der Waals surface area (Å²) in [6, 6.07) is 7.10. The van der Waals surface area contributed by atoms with E-state index in [1.165, 1.54) is 6.42 Å². The average molecular weight is 360 g/mol. The van der Waals surface area contributed by atoms with Gasteiger partial charge in [0.25, 0.3) is 0 Å². The number of hydrogen-bond donors (Lipinski definition) is 2. The molecule has 1 aromatic carbocycles. The van der Waals surface area contributed by atoms with Crippen LogP contribution in [0.2, 0.25) is 0 Å². The number of carbonyl (C=O) groups is 2. The van der Waals surface area contributed by atoms with Gasteiger partial charge in [-0.1, -0.05) is 27.2 Å². The highest BCUT2D eigenvalue weighted by atomic mass is 16.5. The standard InChI is InChI=1S/C21H32N2O3/c1-5-21(3,4)15-7-9-16(10-8-15)22-19(24)20(25)23-17-11-13-18(14-12-17)26-6-2/h11-16H,5-10H2,1-4H3,(H,22,24)(H,23,25). The van der Waals surface area contributed by atoms with Crippen molar-refractivity contribution in [3.05, 3.63) is 24.3 Å². The number of carbonyl (C=O) groups excluding carboxylic acids is 2. The number of ether oxygens (including phenoxy) is 1. The lowest BCUT2D eigenvalue weighted by atomic mass is 9.69. The molecule has 0 heterocycles. The summed E-state index contributed by atoms with van der Waals surface area (Å²) in [5.74, 6) is 0.252. The lowest BCUT2D eigenvalue weighted by Crippen LogP contribution is -2.44. The highest BCUT2D eigenvalue weighted by Crippen LogP contribution is 2.40. The molecule has 1 aliphatic carbocycles. The van der Waals surface area contributed by atoms with Gasteiger partial charge in [0.1, 0.15) is 5.75 Å². The molecule has 5 heteroatoms. The van der Waals surface area contributed by atoms with E-state index in [9.17, 15) is 9.59 Å². The second-order valence-corrected chi connectivity index (χ2v) is 7.78. The lowest BCUT2D eigenvalue weighted by Gasteiger charge is -2.39. The fourth-order valence-corrected chi connectivity index (χ4v) is 3.55. The largest absolute Gasteiger partial charge is 0.494 e. The number of rotatable bonds is 6. The van der Waals surface area contributed by atoms with Gasteiger partial charge in [0.15, 0.2) is 0 Å². The third-order valence-corrected chi connectivity index (χ3v) is 5.71. The monoisotopic (exact) mass is 360 g/mol. The maximum Gasteiger partial charge on any atom is 0.313 e. The van der Waals surface area contributed by atoms with Crippen molar-refractivity contribution in [1.29, 1.82) is 0 Å². The van der Waals surface area contributed by atoms with Crippen molar-refractivity contribution < 1.29 is 14.3 Å². The average Bonchev–Trinajstić information content (AvgIpc) is 2.64. The summed E-state index contributed by atoms with van der Waals surface area (Å²) in [7, 11) is 0. The Bertz CT molecular complexity index is 602. The Hall–Kier alpha value is -2.04. The van der Waals surface area contributed by atoms with Crippen LogP contribution in [-0.2, 0) is 9.59 Å². The molecule has 0 aliphatic heterocycles. The summed E-state index contributed by atoms with van der Waals surface area (Å²) in [6.07, 6.45) is 5.25. The van der Waals surface area contributed by atoms with Gasteiger partial charge in [0.05, 0.1) is 6.61 Å². The molecule has 5 nitrogen and oxygen atoms in total. The van der Waals surface area contributed by atoms with Crippen LogP contribution in [0.25, 0.3) is 0 Å². The summed E-state index contributed by atoms with van der Waals surface area (Å²) < 4.78 is 5.36. The van der Waals surface area contributed by atoms with Gasteiger partial charge in [-0.05, 0) is 68.2 Å². The smallest absolute Gasteiger partial charge is 0.313 e. The first-order valence-electron chi connectivity index (χ1n) is 9.70. The predicted octanol–water partition coefficient (Wildman–Crippen LogP) is 4.14. The van der Waals surface area contributed by atoms with Gasteiger partial charge in [-0.25, -0.2) is 0 Å². The van der Waals surface area contributed by atoms with Crippen molar-refractivity contribution in [2.45, 2.75) is 65.8 Å². The van der Waals surface area contributed by atoms with E-state index < -0.39 is 11.8 Å². The van der Waals surface area contributed by atoms with Gasteiger partial charge in [-0.2, -0.15) is 0 Å². The highest BCUT2D eigenvalue weighted by Gasteiger charge is 2.32. The summed E-state index contributed by atoms with van der Waals surface area (Å²) in [5.41, 5.74) is 0.932. The maximum atomic E-state index is 12.2. The van der Waals surface area contributed by atoms with Gasteiger partial charge in [0.2, 0.25) is 0 Å². The number of anilines is 1. The Morgan fingerprint density at radius 1 is 1.04 bits per heavy atom. The predicted molar refractivity (Wildman–Crippen MR) is 104 cm³/mol. The molecule has 0 atom stereocenters. The van der Waals surface area contributed by atoms with E-state index in [1.54, 1.807) is 24.3 Å². The van der Waals surface area contributed by atoms with E-state index in [1.807, 2.05) is 6.92 Å². The third kappa shape index (κ3) is 5.48. The molecule has 0 spiro atoms. The summed E-state index contributed by atoms with van der Waals surface area (Å²) in [5, 5.41) is 5.52. The molecule has 0 unspecified atom stereocenters. The van der Waals surface area contributed by atoms with E-state index >= 15 is 0 Å². The Kier molecular flexibility index (Phi) is 7.06. The molecule has 2 N–H and O–H groups in total. The van der Waals surface area contributed by atoms with Crippen molar-refractivity contribution in [1.82, 2.24) is 5.32 Å². The van der Waals surface area contributed by atoms with Crippen LogP contribution in [0.4, 0.5) is 5.69 Å². The van der Waals surface area contributed by atoms with Crippen LogP contribution in [-0.4, -0.2) is 24.5 Å². The van der Waals surface area contributed by atoms with Crippen molar-refractivity contribution in [3.8, 4) is 5.75 Å². The first-order valence-corrected chi connectivity index (χ1v) is 9.70.